The lowest BCUT2D eigenvalue weighted by atomic mass is 9.83. The second-order valence-electron chi connectivity index (χ2n) is 8.70. The zero-order valence-corrected chi connectivity index (χ0v) is 18.5. The molecule has 2 atom stereocenters. The van der Waals surface area contributed by atoms with Crippen LogP contribution in [0.4, 0.5) is 17.1 Å². The first kappa shape index (κ1) is 21.4. The Balaban J connectivity index is 1.65. The maximum atomic E-state index is 13.2. The maximum absolute atomic E-state index is 13.2. The van der Waals surface area contributed by atoms with Crippen molar-refractivity contribution < 1.29 is 9.72 Å². The Morgan fingerprint density at radius 3 is 2.65 bits per heavy atom. The van der Waals surface area contributed by atoms with Gasteiger partial charge in [-0.05, 0) is 48.2 Å². The molecular weight excluding hydrogens is 416 g/mol. The first-order valence-corrected chi connectivity index (χ1v) is 11.0. The van der Waals surface area contributed by atoms with E-state index >= 15 is 0 Å². The summed E-state index contributed by atoms with van der Waals surface area (Å²) in [5.41, 5.74) is 3.02. The van der Waals surface area contributed by atoms with E-state index in [1.807, 2.05) is 30.3 Å². The lowest BCUT2D eigenvalue weighted by Gasteiger charge is -2.49. The van der Waals surface area contributed by atoms with Crippen molar-refractivity contribution in [3.63, 3.8) is 0 Å². The monoisotopic (exact) mass is 442 g/mol. The first-order valence-electron chi connectivity index (χ1n) is 10.7. The minimum Gasteiger partial charge on any atom is -0.368 e. The van der Waals surface area contributed by atoms with Gasteiger partial charge in [0.15, 0.2) is 0 Å². The summed E-state index contributed by atoms with van der Waals surface area (Å²) >= 11 is 6.05. The SMILES string of the molecule is CC(C)CNC(=O)[C@@H]1Cc2cc([N+](=O)[O-])ccc2N2CCN(c3ccc(Cl)cc3)C[C@@H]12. The Kier molecular flexibility index (Phi) is 6.05. The number of carbonyl (C=O) groups excluding carboxylic acids is 1. The average molecular weight is 443 g/mol. The molecule has 1 saturated heterocycles. The van der Waals surface area contributed by atoms with Crippen LogP contribution in [0.5, 0.6) is 0 Å². The average Bonchev–Trinajstić information content (AvgIpc) is 2.76. The second kappa shape index (κ2) is 8.75. The number of halogens is 1. The van der Waals surface area contributed by atoms with Gasteiger partial charge in [-0.3, -0.25) is 14.9 Å². The van der Waals surface area contributed by atoms with E-state index in [-0.39, 0.29) is 28.5 Å². The highest BCUT2D eigenvalue weighted by Crippen LogP contribution is 2.38. The van der Waals surface area contributed by atoms with Crippen molar-refractivity contribution in [3.8, 4) is 0 Å². The molecule has 0 aliphatic carbocycles. The van der Waals surface area contributed by atoms with Gasteiger partial charge in [-0.2, -0.15) is 0 Å². The Hall–Kier alpha value is -2.80. The molecule has 4 rings (SSSR count). The molecule has 0 spiro atoms. The number of anilines is 2. The van der Waals surface area contributed by atoms with Crippen LogP contribution in [0, 0.1) is 22.0 Å². The van der Waals surface area contributed by atoms with Gasteiger partial charge in [0.25, 0.3) is 5.69 Å². The van der Waals surface area contributed by atoms with Gasteiger partial charge in [-0.1, -0.05) is 25.4 Å². The van der Waals surface area contributed by atoms with E-state index < -0.39 is 0 Å². The van der Waals surface area contributed by atoms with Crippen LogP contribution in [0.25, 0.3) is 0 Å². The maximum Gasteiger partial charge on any atom is 0.269 e. The lowest BCUT2D eigenvalue weighted by molar-refractivity contribution is -0.384. The number of fused-ring (bicyclic) bond motifs is 3. The zero-order chi connectivity index (χ0) is 22.1. The van der Waals surface area contributed by atoms with Gasteiger partial charge >= 0.3 is 0 Å². The van der Waals surface area contributed by atoms with Crippen LogP contribution in [0.15, 0.2) is 42.5 Å². The number of rotatable bonds is 5. The zero-order valence-electron chi connectivity index (χ0n) is 17.8. The van der Waals surface area contributed by atoms with Crippen molar-refractivity contribution in [3.05, 3.63) is 63.2 Å². The molecule has 1 N–H and O–H groups in total. The predicted molar refractivity (Wildman–Crippen MR) is 123 cm³/mol. The standard InChI is InChI=1S/C23H27ClN4O3/c1-15(2)13-25-23(29)20-12-16-11-19(28(30)31)7-8-21(16)27-10-9-26(14-22(20)27)18-5-3-17(24)4-6-18/h3-8,11,15,20,22H,9-10,12-14H2,1-2H3,(H,25,29)/t20-,22+/m1/s1. The highest BCUT2D eigenvalue weighted by molar-refractivity contribution is 6.30. The molecule has 1 amide bonds. The summed E-state index contributed by atoms with van der Waals surface area (Å²) in [5.74, 6) is 0.0936. The van der Waals surface area contributed by atoms with Crippen LogP contribution in [-0.2, 0) is 11.2 Å². The van der Waals surface area contributed by atoms with Crippen LogP contribution < -0.4 is 15.1 Å². The quantitative estimate of drug-likeness (QED) is 0.561. The molecule has 8 heteroatoms. The van der Waals surface area contributed by atoms with Crippen molar-refractivity contribution in [2.45, 2.75) is 26.3 Å². The van der Waals surface area contributed by atoms with Crippen molar-refractivity contribution in [2.75, 3.05) is 36.0 Å². The molecule has 0 saturated carbocycles. The first-order chi connectivity index (χ1) is 14.8. The Labute approximate surface area is 187 Å². The van der Waals surface area contributed by atoms with E-state index in [0.717, 1.165) is 30.0 Å². The molecule has 0 radical (unpaired) electrons. The summed E-state index contributed by atoms with van der Waals surface area (Å²) < 4.78 is 0. The third-order valence-electron chi connectivity index (χ3n) is 6.12. The van der Waals surface area contributed by atoms with Crippen molar-refractivity contribution in [2.24, 2.45) is 11.8 Å². The number of nitro groups is 1. The fourth-order valence-electron chi connectivity index (χ4n) is 4.55. The predicted octanol–water partition coefficient (Wildman–Crippen LogP) is 3.89. The van der Waals surface area contributed by atoms with E-state index in [4.69, 9.17) is 11.6 Å². The fourth-order valence-corrected chi connectivity index (χ4v) is 4.67. The number of carbonyl (C=O) groups is 1. The molecule has 0 unspecified atom stereocenters. The van der Waals surface area contributed by atoms with E-state index in [2.05, 4.69) is 29.0 Å². The number of hydrogen-bond acceptors (Lipinski definition) is 5. The van der Waals surface area contributed by atoms with E-state index in [0.29, 0.717) is 30.5 Å². The van der Waals surface area contributed by atoms with Crippen LogP contribution in [0.2, 0.25) is 5.02 Å². The van der Waals surface area contributed by atoms with E-state index in [9.17, 15) is 14.9 Å². The Morgan fingerprint density at radius 1 is 1.23 bits per heavy atom. The molecule has 2 heterocycles. The van der Waals surface area contributed by atoms with Crippen molar-refractivity contribution in [1.29, 1.82) is 0 Å². The van der Waals surface area contributed by atoms with Crippen LogP contribution in [0.3, 0.4) is 0 Å². The van der Waals surface area contributed by atoms with Crippen molar-refractivity contribution >= 4 is 34.6 Å². The van der Waals surface area contributed by atoms with Crippen molar-refractivity contribution in [1.82, 2.24) is 5.32 Å². The summed E-state index contributed by atoms with van der Waals surface area (Å²) in [6, 6.07) is 12.8. The summed E-state index contributed by atoms with van der Waals surface area (Å²) in [7, 11) is 0. The summed E-state index contributed by atoms with van der Waals surface area (Å²) in [6.45, 7) is 6.99. The summed E-state index contributed by atoms with van der Waals surface area (Å²) in [5, 5.41) is 15.1. The van der Waals surface area contributed by atoms with Gasteiger partial charge in [0.05, 0.1) is 16.9 Å². The van der Waals surface area contributed by atoms with Crippen LogP contribution in [0.1, 0.15) is 19.4 Å². The molecule has 2 aliphatic heterocycles. The molecule has 2 aliphatic rings. The van der Waals surface area contributed by atoms with Gasteiger partial charge in [-0.15, -0.1) is 0 Å². The molecule has 2 aromatic rings. The number of amides is 1. The topological polar surface area (TPSA) is 78.7 Å². The van der Waals surface area contributed by atoms with E-state index in [1.54, 1.807) is 12.1 Å². The molecule has 31 heavy (non-hydrogen) atoms. The van der Waals surface area contributed by atoms with Crippen LogP contribution >= 0.6 is 11.6 Å². The van der Waals surface area contributed by atoms with Gasteiger partial charge < -0.3 is 15.1 Å². The van der Waals surface area contributed by atoms with Gasteiger partial charge in [0.1, 0.15) is 0 Å². The normalized spacial score (nSPS) is 20.3. The Morgan fingerprint density at radius 2 is 1.97 bits per heavy atom. The minimum atomic E-state index is -0.376. The summed E-state index contributed by atoms with van der Waals surface area (Å²) in [4.78, 5) is 28.6. The minimum absolute atomic E-state index is 0.00875. The molecule has 1 fully saturated rings. The number of piperazine rings is 1. The third-order valence-corrected chi connectivity index (χ3v) is 6.37. The molecule has 0 bridgehead atoms. The molecule has 2 aromatic carbocycles. The number of hydrogen-bond donors (Lipinski definition) is 1. The lowest BCUT2D eigenvalue weighted by Crippen LogP contribution is -2.61. The number of nitrogens with one attached hydrogen (secondary N) is 1. The largest absolute Gasteiger partial charge is 0.368 e. The highest BCUT2D eigenvalue weighted by atomic mass is 35.5. The summed E-state index contributed by atoms with van der Waals surface area (Å²) in [6.07, 6.45) is 0.497. The fraction of sp³-hybridized carbons (Fsp3) is 0.435. The van der Waals surface area contributed by atoms with Crippen LogP contribution in [-0.4, -0.2) is 43.1 Å². The van der Waals surface area contributed by atoms with Gasteiger partial charge in [-0.25, -0.2) is 0 Å². The number of non-ortho nitro benzene ring substituents is 1. The third kappa shape index (κ3) is 4.46. The number of benzene rings is 2. The highest BCUT2D eigenvalue weighted by Gasteiger charge is 2.42. The van der Waals surface area contributed by atoms with Gasteiger partial charge in [0.2, 0.25) is 5.91 Å². The molecule has 7 nitrogen and oxygen atoms in total. The molecular formula is C23H27ClN4O3. The Bertz CT molecular complexity index is 979. The molecule has 0 aromatic heterocycles. The number of nitrogens with zero attached hydrogens (tertiary/aromatic N) is 3. The molecule has 164 valence electrons. The smallest absolute Gasteiger partial charge is 0.269 e. The second-order valence-corrected chi connectivity index (χ2v) is 9.14. The van der Waals surface area contributed by atoms with Gasteiger partial charge in [0, 0.05) is 54.7 Å². The van der Waals surface area contributed by atoms with E-state index in [1.165, 1.54) is 0 Å². The number of nitro benzene ring substituents is 1.